The van der Waals surface area contributed by atoms with Crippen LogP contribution in [-0.4, -0.2) is 8.42 Å². The number of anilines is 1. The molecular formula is C14H16N4O2S. The average molecular weight is 304 g/mol. The maximum absolute atomic E-state index is 11.6. The van der Waals surface area contributed by atoms with Gasteiger partial charge in [-0.05, 0) is 55.3 Å². The van der Waals surface area contributed by atoms with Crippen molar-refractivity contribution in [2.24, 2.45) is 15.4 Å². The lowest BCUT2D eigenvalue weighted by Crippen LogP contribution is -2.12. The van der Waals surface area contributed by atoms with Crippen LogP contribution in [0, 0.1) is 13.8 Å². The molecule has 0 bridgehead atoms. The molecule has 0 saturated heterocycles. The molecule has 7 heteroatoms. The quantitative estimate of drug-likeness (QED) is 0.671. The van der Waals surface area contributed by atoms with E-state index in [1.165, 1.54) is 6.07 Å². The van der Waals surface area contributed by atoms with Crippen molar-refractivity contribution in [3.05, 3.63) is 47.5 Å². The summed E-state index contributed by atoms with van der Waals surface area (Å²) in [5, 5.41) is 13.3. The van der Waals surface area contributed by atoms with Crippen LogP contribution in [0.3, 0.4) is 0 Å². The van der Waals surface area contributed by atoms with Gasteiger partial charge in [0.15, 0.2) is 0 Å². The zero-order valence-electron chi connectivity index (χ0n) is 11.7. The Hall–Kier alpha value is -2.25. The van der Waals surface area contributed by atoms with Crippen molar-refractivity contribution in [1.82, 2.24) is 0 Å². The van der Waals surface area contributed by atoms with Crippen molar-refractivity contribution in [2.75, 3.05) is 5.73 Å². The molecule has 0 aromatic heterocycles. The summed E-state index contributed by atoms with van der Waals surface area (Å²) in [6, 6.07) is 9.99. The van der Waals surface area contributed by atoms with E-state index in [1.54, 1.807) is 37.3 Å². The Labute approximate surface area is 123 Å². The van der Waals surface area contributed by atoms with Gasteiger partial charge in [-0.3, -0.25) is 0 Å². The fourth-order valence-electron chi connectivity index (χ4n) is 1.83. The van der Waals surface area contributed by atoms with Crippen LogP contribution in [-0.2, 0) is 10.0 Å². The first-order valence-electron chi connectivity index (χ1n) is 6.19. The number of hydrogen-bond acceptors (Lipinski definition) is 5. The highest BCUT2D eigenvalue weighted by atomic mass is 32.2. The minimum absolute atomic E-state index is 0.0423. The molecule has 2 rings (SSSR count). The summed E-state index contributed by atoms with van der Waals surface area (Å²) in [7, 11) is -3.85. The molecule has 0 fully saturated rings. The number of nitrogen functional groups attached to an aromatic ring is 1. The van der Waals surface area contributed by atoms with Gasteiger partial charge in [-0.2, -0.15) is 5.11 Å². The first-order valence-corrected chi connectivity index (χ1v) is 7.73. The smallest absolute Gasteiger partial charge is 0.240 e. The number of primary sulfonamides is 1. The van der Waals surface area contributed by atoms with Gasteiger partial charge in [-0.25, -0.2) is 13.6 Å². The topological polar surface area (TPSA) is 111 Å². The molecule has 0 saturated carbocycles. The second kappa shape index (κ2) is 5.63. The molecule has 110 valence electrons. The standard InChI is InChI=1S/C14H16N4O2S/c1-9-3-5-13(14(7-9)21(16,19)20)18-17-12-6-4-11(15)8-10(12)2/h3-8H,15H2,1-2H3,(H2,16,19,20). The van der Waals surface area contributed by atoms with Crippen LogP contribution in [0.25, 0.3) is 0 Å². The number of azo groups is 1. The Morgan fingerprint density at radius 2 is 1.57 bits per heavy atom. The third-order valence-corrected chi connectivity index (χ3v) is 3.85. The summed E-state index contributed by atoms with van der Waals surface area (Å²) in [5.74, 6) is 0. The number of aryl methyl sites for hydroxylation is 2. The lowest BCUT2D eigenvalue weighted by atomic mass is 10.2. The third-order valence-electron chi connectivity index (χ3n) is 2.91. The summed E-state index contributed by atoms with van der Waals surface area (Å²) < 4.78 is 23.2. The Kier molecular flexibility index (Phi) is 4.06. The van der Waals surface area contributed by atoms with E-state index in [1.807, 2.05) is 6.92 Å². The first kappa shape index (κ1) is 15.1. The van der Waals surface area contributed by atoms with Crippen molar-refractivity contribution in [1.29, 1.82) is 0 Å². The monoisotopic (exact) mass is 304 g/mol. The molecule has 2 aromatic rings. The highest BCUT2D eigenvalue weighted by Crippen LogP contribution is 2.28. The molecule has 21 heavy (non-hydrogen) atoms. The van der Waals surface area contributed by atoms with Crippen molar-refractivity contribution in [3.63, 3.8) is 0 Å². The molecule has 0 heterocycles. The van der Waals surface area contributed by atoms with Gasteiger partial charge in [0.1, 0.15) is 10.6 Å². The van der Waals surface area contributed by atoms with E-state index in [-0.39, 0.29) is 10.6 Å². The SMILES string of the molecule is Cc1ccc(N=Nc2ccc(N)cc2C)c(S(N)(=O)=O)c1. The lowest BCUT2D eigenvalue weighted by Gasteiger charge is -2.04. The van der Waals surface area contributed by atoms with Gasteiger partial charge in [0.05, 0.1) is 5.69 Å². The summed E-state index contributed by atoms with van der Waals surface area (Å²) in [6.07, 6.45) is 0. The van der Waals surface area contributed by atoms with Crippen LogP contribution in [0.4, 0.5) is 17.1 Å². The van der Waals surface area contributed by atoms with E-state index in [0.717, 1.165) is 11.1 Å². The maximum atomic E-state index is 11.6. The zero-order valence-corrected chi connectivity index (χ0v) is 12.6. The van der Waals surface area contributed by atoms with Crippen molar-refractivity contribution in [2.45, 2.75) is 18.7 Å². The normalized spacial score (nSPS) is 12.0. The Morgan fingerprint density at radius 1 is 0.952 bits per heavy atom. The molecule has 0 aliphatic carbocycles. The number of hydrogen-bond donors (Lipinski definition) is 2. The van der Waals surface area contributed by atoms with E-state index >= 15 is 0 Å². The minimum atomic E-state index is -3.85. The predicted octanol–water partition coefficient (Wildman–Crippen LogP) is 2.95. The lowest BCUT2D eigenvalue weighted by molar-refractivity contribution is 0.598. The van der Waals surface area contributed by atoms with Crippen molar-refractivity contribution < 1.29 is 8.42 Å². The molecular weight excluding hydrogens is 288 g/mol. The third kappa shape index (κ3) is 3.65. The Morgan fingerprint density at radius 3 is 2.19 bits per heavy atom. The molecule has 0 spiro atoms. The molecule has 0 amide bonds. The van der Waals surface area contributed by atoms with Crippen LogP contribution in [0.2, 0.25) is 0 Å². The average Bonchev–Trinajstić information content (AvgIpc) is 2.38. The van der Waals surface area contributed by atoms with Crippen molar-refractivity contribution >= 4 is 27.1 Å². The highest BCUT2D eigenvalue weighted by Gasteiger charge is 2.14. The number of sulfonamides is 1. The fourth-order valence-corrected chi connectivity index (χ4v) is 2.58. The molecule has 0 radical (unpaired) electrons. The van der Waals surface area contributed by atoms with Gasteiger partial charge in [-0.1, -0.05) is 6.07 Å². The van der Waals surface area contributed by atoms with E-state index < -0.39 is 10.0 Å². The van der Waals surface area contributed by atoms with Crippen LogP contribution in [0.15, 0.2) is 51.5 Å². The first-order chi connectivity index (χ1) is 9.77. The van der Waals surface area contributed by atoms with Crippen LogP contribution in [0.5, 0.6) is 0 Å². The number of nitrogens with zero attached hydrogens (tertiary/aromatic N) is 2. The Balaban J connectivity index is 2.46. The number of rotatable bonds is 3. The molecule has 6 nitrogen and oxygen atoms in total. The van der Waals surface area contributed by atoms with E-state index in [2.05, 4.69) is 10.2 Å². The summed E-state index contributed by atoms with van der Waals surface area (Å²) in [4.78, 5) is -0.0423. The molecule has 4 N–H and O–H groups in total. The van der Waals surface area contributed by atoms with Crippen LogP contribution in [0.1, 0.15) is 11.1 Å². The van der Waals surface area contributed by atoms with Crippen molar-refractivity contribution in [3.8, 4) is 0 Å². The van der Waals surface area contributed by atoms with Gasteiger partial charge < -0.3 is 5.73 Å². The van der Waals surface area contributed by atoms with Gasteiger partial charge in [0.2, 0.25) is 10.0 Å². The summed E-state index contributed by atoms with van der Waals surface area (Å²) in [6.45, 7) is 3.63. The Bertz CT molecular complexity index is 814. The minimum Gasteiger partial charge on any atom is -0.399 e. The van der Waals surface area contributed by atoms with Crippen LogP contribution >= 0.6 is 0 Å². The molecule has 0 atom stereocenters. The number of benzene rings is 2. The van der Waals surface area contributed by atoms with E-state index in [9.17, 15) is 8.42 Å². The number of nitrogens with two attached hydrogens (primary N) is 2. The van der Waals surface area contributed by atoms with Gasteiger partial charge in [0, 0.05) is 5.69 Å². The summed E-state index contributed by atoms with van der Waals surface area (Å²) in [5.41, 5.74) is 8.75. The highest BCUT2D eigenvalue weighted by molar-refractivity contribution is 7.89. The summed E-state index contributed by atoms with van der Waals surface area (Å²) >= 11 is 0. The van der Waals surface area contributed by atoms with Crippen LogP contribution < -0.4 is 10.9 Å². The van der Waals surface area contributed by atoms with E-state index in [4.69, 9.17) is 10.9 Å². The second-order valence-electron chi connectivity index (χ2n) is 4.76. The predicted molar refractivity (Wildman–Crippen MR) is 82.3 cm³/mol. The van der Waals surface area contributed by atoms with Gasteiger partial charge >= 0.3 is 0 Å². The zero-order chi connectivity index (χ0) is 15.6. The molecule has 0 aliphatic heterocycles. The molecule has 0 aliphatic rings. The fraction of sp³-hybridized carbons (Fsp3) is 0.143. The molecule has 2 aromatic carbocycles. The van der Waals surface area contributed by atoms with Gasteiger partial charge in [-0.15, -0.1) is 5.11 Å². The van der Waals surface area contributed by atoms with Gasteiger partial charge in [0.25, 0.3) is 0 Å². The van der Waals surface area contributed by atoms with E-state index in [0.29, 0.717) is 11.4 Å². The molecule has 0 unspecified atom stereocenters. The second-order valence-corrected chi connectivity index (χ2v) is 6.29. The largest absolute Gasteiger partial charge is 0.399 e. The maximum Gasteiger partial charge on any atom is 0.240 e.